The molecule has 0 bridgehead atoms. The van der Waals surface area contributed by atoms with Crippen LogP contribution in [0.2, 0.25) is 0 Å². The fourth-order valence-electron chi connectivity index (χ4n) is 2.11. The molecule has 1 aliphatic carbocycles. The number of rotatable bonds is 7. The molecule has 0 saturated heterocycles. The number of hydrogen-bond donors (Lipinski definition) is 0. The van der Waals surface area contributed by atoms with Crippen LogP contribution in [0.5, 0.6) is 0 Å². The van der Waals surface area contributed by atoms with E-state index in [9.17, 15) is 4.79 Å². The van der Waals surface area contributed by atoms with Crippen molar-refractivity contribution in [2.45, 2.75) is 32.7 Å². The molecule has 1 fully saturated rings. The van der Waals surface area contributed by atoms with E-state index in [1.165, 1.54) is 20.0 Å². The van der Waals surface area contributed by atoms with Crippen molar-refractivity contribution in [3.8, 4) is 0 Å². The lowest BCUT2D eigenvalue weighted by atomic mass is 10.3. The van der Waals surface area contributed by atoms with Gasteiger partial charge in [-0.15, -0.1) is 0 Å². The molecule has 0 atom stereocenters. The summed E-state index contributed by atoms with van der Waals surface area (Å²) in [7, 11) is 1.36. The Bertz CT molecular complexity index is 395. The minimum absolute atomic E-state index is 0.287. The molecule has 0 aliphatic heterocycles. The number of hydrogen-bond acceptors (Lipinski definition) is 4. The number of esters is 1. The summed E-state index contributed by atoms with van der Waals surface area (Å²) in [5.74, 6) is 1.58. The topological polar surface area (TPSA) is 42.7 Å². The quantitative estimate of drug-likeness (QED) is 0.699. The van der Waals surface area contributed by atoms with Crippen molar-refractivity contribution in [2.75, 3.05) is 20.2 Å². The second-order valence-electron chi connectivity index (χ2n) is 4.94. The van der Waals surface area contributed by atoms with E-state index >= 15 is 0 Å². The highest BCUT2D eigenvalue weighted by molar-refractivity contribution is 5.86. The largest absolute Gasteiger partial charge is 0.463 e. The van der Waals surface area contributed by atoms with E-state index in [0.717, 1.165) is 37.7 Å². The van der Waals surface area contributed by atoms with Gasteiger partial charge < -0.3 is 9.15 Å². The summed E-state index contributed by atoms with van der Waals surface area (Å²) in [5.41, 5.74) is 0. The lowest BCUT2D eigenvalue weighted by Gasteiger charge is -2.19. The maximum Gasteiger partial charge on any atom is 0.373 e. The van der Waals surface area contributed by atoms with E-state index < -0.39 is 5.97 Å². The van der Waals surface area contributed by atoms with Crippen LogP contribution in [0.4, 0.5) is 0 Å². The summed E-state index contributed by atoms with van der Waals surface area (Å²) in [5, 5.41) is 0. The van der Waals surface area contributed by atoms with Crippen molar-refractivity contribution < 1.29 is 13.9 Å². The molecule has 1 aliphatic rings. The Morgan fingerprint density at radius 3 is 2.89 bits per heavy atom. The molecule has 1 aromatic heterocycles. The zero-order valence-electron chi connectivity index (χ0n) is 11.1. The van der Waals surface area contributed by atoms with Crippen LogP contribution in [0.15, 0.2) is 16.5 Å². The molecule has 0 amide bonds. The Morgan fingerprint density at radius 1 is 1.50 bits per heavy atom. The monoisotopic (exact) mass is 251 g/mol. The van der Waals surface area contributed by atoms with Crippen LogP contribution in [0, 0.1) is 5.92 Å². The minimum Gasteiger partial charge on any atom is -0.463 e. The lowest BCUT2D eigenvalue weighted by Crippen LogP contribution is -2.26. The molecule has 18 heavy (non-hydrogen) atoms. The van der Waals surface area contributed by atoms with Crippen molar-refractivity contribution in [2.24, 2.45) is 5.92 Å². The van der Waals surface area contributed by atoms with Gasteiger partial charge in [-0.25, -0.2) is 4.79 Å². The van der Waals surface area contributed by atoms with E-state index in [-0.39, 0.29) is 5.76 Å². The van der Waals surface area contributed by atoms with Gasteiger partial charge in [0, 0.05) is 6.54 Å². The van der Waals surface area contributed by atoms with E-state index in [2.05, 4.69) is 16.6 Å². The van der Waals surface area contributed by atoms with Crippen LogP contribution in [-0.2, 0) is 11.3 Å². The van der Waals surface area contributed by atoms with Crippen LogP contribution in [0.25, 0.3) is 0 Å². The van der Waals surface area contributed by atoms with E-state index in [1.807, 2.05) is 6.07 Å². The molecule has 0 spiro atoms. The molecular weight excluding hydrogens is 230 g/mol. The predicted molar refractivity (Wildman–Crippen MR) is 68.3 cm³/mol. The summed E-state index contributed by atoms with van der Waals surface area (Å²) < 4.78 is 10.1. The van der Waals surface area contributed by atoms with E-state index in [1.54, 1.807) is 6.07 Å². The number of nitrogens with zero attached hydrogens (tertiary/aromatic N) is 1. The summed E-state index contributed by atoms with van der Waals surface area (Å²) in [6.07, 6.45) is 3.84. The molecular formula is C14H21NO3. The first kappa shape index (κ1) is 13.1. The molecule has 1 saturated carbocycles. The molecule has 0 aromatic carbocycles. The lowest BCUT2D eigenvalue weighted by molar-refractivity contribution is 0.0561. The minimum atomic E-state index is -0.412. The molecule has 0 N–H and O–H groups in total. The van der Waals surface area contributed by atoms with Crippen molar-refractivity contribution in [1.29, 1.82) is 0 Å². The molecule has 100 valence electrons. The predicted octanol–water partition coefficient (Wildman–Crippen LogP) is 2.69. The third-order valence-electron chi connectivity index (χ3n) is 3.18. The Morgan fingerprint density at radius 2 is 2.28 bits per heavy atom. The van der Waals surface area contributed by atoms with Gasteiger partial charge >= 0.3 is 5.97 Å². The standard InChI is InChI=1S/C14H21NO3/c1-3-8-15(9-11-4-5-11)10-12-6-7-13(18-12)14(16)17-2/h6-7,11H,3-5,8-10H2,1-2H3. The summed E-state index contributed by atoms with van der Waals surface area (Å²) in [4.78, 5) is 13.7. The highest BCUT2D eigenvalue weighted by atomic mass is 16.5. The fourth-order valence-corrected chi connectivity index (χ4v) is 2.11. The number of carbonyl (C=O) groups excluding carboxylic acids is 1. The average Bonchev–Trinajstić information content (AvgIpc) is 3.05. The first-order valence-corrected chi connectivity index (χ1v) is 6.62. The molecule has 4 nitrogen and oxygen atoms in total. The van der Waals surface area contributed by atoms with Gasteiger partial charge in [-0.05, 0) is 43.9 Å². The third-order valence-corrected chi connectivity index (χ3v) is 3.18. The number of furan rings is 1. The van der Waals surface area contributed by atoms with E-state index in [0.29, 0.717) is 0 Å². The van der Waals surface area contributed by atoms with Gasteiger partial charge in [0.05, 0.1) is 13.7 Å². The summed E-state index contributed by atoms with van der Waals surface area (Å²) in [6.45, 7) is 5.18. The molecule has 4 heteroatoms. The number of ether oxygens (including phenoxy) is 1. The Hall–Kier alpha value is -1.29. The maximum absolute atomic E-state index is 11.3. The Balaban J connectivity index is 1.92. The van der Waals surface area contributed by atoms with E-state index in [4.69, 9.17) is 4.42 Å². The SMILES string of the molecule is CCCN(Cc1ccc(C(=O)OC)o1)CC1CC1. The molecule has 0 radical (unpaired) electrons. The van der Waals surface area contributed by atoms with Crippen LogP contribution in [-0.4, -0.2) is 31.1 Å². The van der Waals surface area contributed by atoms with Gasteiger partial charge in [-0.2, -0.15) is 0 Å². The maximum atomic E-state index is 11.3. The zero-order valence-corrected chi connectivity index (χ0v) is 11.1. The summed E-state index contributed by atoms with van der Waals surface area (Å²) >= 11 is 0. The van der Waals surface area contributed by atoms with Crippen LogP contribution in [0.1, 0.15) is 42.5 Å². The smallest absolute Gasteiger partial charge is 0.373 e. The molecule has 0 unspecified atom stereocenters. The molecule has 1 heterocycles. The zero-order chi connectivity index (χ0) is 13.0. The second-order valence-corrected chi connectivity index (χ2v) is 4.94. The van der Waals surface area contributed by atoms with Gasteiger partial charge in [-0.1, -0.05) is 6.92 Å². The van der Waals surface area contributed by atoms with Crippen molar-refractivity contribution >= 4 is 5.97 Å². The van der Waals surface area contributed by atoms with Gasteiger partial charge in [0.15, 0.2) is 0 Å². The molecule has 1 aromatic rings. The van der Waals surface area contributed by atoms with Crippen molar-refractivity contribution in [1.82, 2.24) is 4.90 Å². The number of methoxy groups -OCH3 is 1. The summed E-state index contributed by atoms with van der Waals surface area (Å²) in [6, 6.07) is 3.55. The third kappa shape index (κ3) is 3.60. The molecule has 2 rings (SSSR count). The van der Waals surface area contributed by atoms with Gasteiger partial charge in [0.2, 0.25) is 5.76 Å². The fraction of sp³-hybridized carbons (Fsp3) is 0.643. The number of carbonyl (C=O) groups is 1. The van der Waals surface area contributed by atoms with Crippen LogP contribution < -0.4 is 0 Å². The van der Waals surface area contributed by atoms with Crippen molar-refractivity contribution in [3.05, 3.63) is 23.7 Å². The average molecular weight is 251 g/mol. The van der Waals surface area contributed by atoms with Crippen LogP contribution in [0.3, 0.4) is 0 Å². The normalized spacial score (nSPS) is 15.1. The van der Waals surface area contributed by atoms with Crippen molar-refractivity contribution in [3.63, 3.8) is 0 Å². The van der Waals surface area contributed by atoms with Gasteiger partial charge in [-0.3, -0.25) is 4.90 Å². The first-order valence-electron chi connectivity index (χ1n) is 6.62. The highest BCUT2D eigenvalue weighted by Gasteiger charge is 2.24. The Labute approximate surface area is 108 Å². The van der Waals surface area contributed by atoms with Gasteiger partial charge in [0.25, 0.3) is 0 Å². The van der Waals surface area contributed by atoms with Gasteiger partial charge in [0.1, 0.15) is 5.76 Å². The van der Waals surface area contributed by atoms with Crippen LogP contribution >= 0.6 is 0 Å². The Kier molecular flexibility index (Phi) is 4.42. The first-order chi connectivity index (χ1) is 8.72. The second kappa shape index (κ2) is 6.05. The highest BCUT2D eigenvalue weighted by Crippen LogP contribution is 2.30.